The van der Waals surface area contributed by atoms with E-state index in [1.165, 1.54) is 0 Å². The lowest BCUT2D eigenvalue weighted by molar-refractivity contribution is 0.841. The SMILES string of the molecule is CSC(C)CCNc1nnc(C)c(C)c1C(N)=S. The monoisotopic (exact) mass is 284 g/mol. The molecule has 0 aliphatic heterocycles. The maximum Gasteiger partial charge on any atom is 0.159 e. The summed E-state index contributed by atoms with van der Waals surface area (Å²) in [7, 11) is 0. The molecule has 0 bridgehead atoms. The Morgan fingerprint density at radius 1 is 1.44 bits per heavy atom. The van der Waals surface area contributed by atoms with E-state index in [4.69, 9.17) is 18.0 Å². The fourth-order valence-electron chi connectivity index (χ4n) is 1.55. The van der Waals surface area contributed by atoms with Crippen molar-refractivity contribution in [1.29, 1.82) is 0 Å². The van der Waals surface area contributed by atoms with Gasteiger partial charge in [0.05, 0.1) is 11.3 Å². The van der Waals surface area contributed by atoms with Gasteiger partial charge < -0.3 is 11.1 Å². The first kappa shape index (κ1) is 15.2. The van der Waals surface area contributed by atoms with Gasteiger partial charge in [-0.3, -0.25) is 0 Å². The minimum absolute atomic E-state index is 0.367. The smallest absolute Gasteiger partial charge is 0.159 e. The molecule has 0 radical (unpaired) electrons. The summed E-state index contributed by atoms with van der Waals surface area (Å²) in [6, 6.07) is 0. The van der Waals surface area contributed by atoms with Crippen LogP contribution >= 0.6 is 24.0 Å². The van der Waals surface area contributed by atoms with Crippen molar-refractivity contribution in [2.45, 2.75) is 32.4 Å². The number of aromatic nitrogens is 2. The molecule has 1 rings (SSSR count). The molecule has 0 amide bonds. The highest BCUT2D eigenvalue weighted by molar-refractivity contribution is 7.99. The van der Waals surface area contributed by atoms with Crippen LogP contribution in [0.2, 0.25) is 0 Å². The van der Waals surface area contributed by atoms with E-state index in [-0.39, 0.29) is 0 Å². The molecule has 18 heavy (non-hydrogen) atoms. The summed E-state index contributed by atoms with van der Waals surface area (Å²) in [5.74, 6) is 0.693. The third-order valence-electron chi connectivity index (χ3n) is 2.95. The third-order valence-corrected chi connectivity index (χ3v) is 4.19. The molecule has 0 saturated carbocycles. The summed E-state index contributed by atoms with van der Waals surface area (Å²) in [5, 5.41) is 12.1. The van der Waals surface area contributed by atoms with E-state index in [1.807, 2.05) is 25.6 Å². The van der Waals surface area contributed by atoms with Crippen molar-refractivity contribution in [3.05, 3.63) is 16.8 Å². The van der Waals surface area contributed by atoms with Crippen LogP contribution in [-0.2, 0) is 0 Å². The summed E-state index contributed by atoms with van der Waals surface area (Å²) in [4.78, 5) is 0.367. The molecule has 1 aromatic heterocycles. The van der Waals surface area contributed by atoms with E-state index >= 15 is 0 Å². The minimum atomic E-state index is 0.367. The normalized spacial score (nSPS) is 12.2. The maximum atomic E-state index is 5.76. The average Bonchev–Trinajstić information content (AvgIpc) is 2.33. The third kappa shape index (κ3) is 3.81. The van der Waals surface area contributed by atoms with Crippen molar-refractivity contribution in [1.82, 2.24) is 10.2 Å². The van der Waals surface area contributed by atoms with E-state index in [0.29, 0.717) is 16.1 Å². The van der Waals surface area contributed by atoms with Gasteiger partial charge in [0, 0.05) is 11.8 Å². The number of thiocarbonyl (C=S) groups is 1. The van der Waals surface area contributed by atoms with Crippen molar-refractivity contribution in [3.63, 3.8) is 0 Å². The zero-order valence-corrected chi connectivity index (χ0v) is 12.9. The lowest BCUT2D eigenvalue weighted by Gasteiger charge is -2.14. The van der Waals surface area contributed by atoms with Gasteiger partial charge in [0.15, 0.2) is 5.82 Å². The highest BCUT2D eigenvalue weighted by Crippen LogP contribution is 2.18. The number of aryl methyl sites for hydroxylation is 1. The quantitative estimate of drug-likeness (QED) is 0.781. The molecule has 0 spiro atoms. The lowest BCUT2D eigenvalue weighted by Crippen LogP contribution is -2.19. The average molecular weight is 284 g/mol. The van der Waals surface area contributed by atoms with Gasteiger partial charge in [-0.05, 0) is 32.1 Å². The van der Waals surface area contributed by atoms with Crippen molar-refractivity contribution in [3.8, 4) is 0 Å². The van der Waals surface area contributed by atoms with E-state index in [2.05, 4.69) is 28.7 Å². The van der Waals surface area contributed by atoms with Crippen LogP contribution in [0.4, 0.5) is 5.82 Å². The standard InChI is InChI=1S/C12H20N4S2/c1-7(18-4)5-6-14-12-10(11(13)17)8(2)9(3)15-16-12/h7H,5-6H2,1-4H3,(H2,13,17)(H,14,16). The Morgan fingerprint density at radius 3 is 2.67 bits per heavy atom. The number of anilines is 1. The molecular weight excluding hydrogens is 264 g/mol. The summed E-state index contributed by atoms with van der Waals surface area (Å²) >= 11 is 6.94. The summed E-state index contributed by atoms with van der Waals surface area (Å²) in [5.41, 5.74) is 8.44. The number of hydrogen-bond donors (Lipinski definition) is 2. The number of nitrogens with one attached hydrogen (secondary N) is 1. The summed E-state index contributed by atoms with van der Waals surface area (Å²) in [6.45, 7) is 6.92. The zero-order chi connectivity index (χ0) is 13.7. The molecule has 1 heterocycles. The van der Waals surface area contributed by atoms with E-state index in [1.54, 1.807) is 0 Å². The van der Waals surface area contributed by atoms with Gasteiger partial charge in [0.25, 0.3) is 0 Å². The Kier molecular flexibility index (Phi) is 5.81. The molecule has 1 unspecified atom stereocenters. The van der Waals surface area contributed by atoms with Crippen LogP contribution in [0.3, 0.4) is 0 Å². The topological polar surface area (TPSA) is 63.8 Å². The Bertz CT molecular complexity index is 434. The van der Waals surface area contributed by atoms with Crippen LogP contribution in [0, 0.1) is 13.8 Å². The number of thioether (sulfide) groups is 1. The molecular formula is C12H20N4S2. The van der Waals surface area contributed by atoms with Crippen molar-refractivity contribution < 1.29 is 0 Å². The molecule has 0 fully saturated rings. The van der Waals surface area contributed by atoms with Gasteiger partial charge in [-0.1, -0.05) is 19.1 Å². The van der Waals surface area contributed by atoms with Gasteiger partial charge in [0.1, 0.15) is 4.99 Å². The molecule has 0 aliphatic rings. The second kappa shape index (κ2) is 6.89. The highest BCUT2D eigenvalue weighted by Gasteiger charge is 2.13. The van der Waals surface area contributed by atoms with Crippen molar-refractivity contribution >= 4 is 34.8 Å². The molecule has 4 nitrogen and oxygen atoms in total. The van der Waals surface area contributed by atoms with Crippen LogP contribution in [0.15, 0.2) is 0 Å². The molecule has 0 aliphatic carbocycles. The first-order valence-corrected chi connectivity index (χ1v) is 7.57. The Morgan fingerprint density at radius 2 is 2.11 bits per heavy atom. The molecule has 100 valence electrons. The van der Waals surface area contributed by atoms with Crippen molar-refractivity contribution in [2.24, 2.45) is 5.73 Å². The molecule has 3 N–H and O–H groups in total. The first-order chi connectivity index (χ1) is 8.47. The fourth-order valence-corrected chi connectivity index (χ4v) is 2.15. The molecule has 1 aromatic rings. The lowest BCUT2D eigenvalue weighted by atomic mass is 10.1. The van der Waals surface area contributed by atoms with Crippen LogP contribution < -0.4 is 11.1 Å². The van der Waals surface area contributed by atoms with E-state index in [0.717, 1.165) is 29.8 Å². The molecule has 6 heteroatoms. The number of rotatable bonds is 6. The fraction of sp³-hybridized carbons (Fsp3) is 0.583. The second-order valence-corrected chi connectivity index (χ2v) is 5.98. The largest absolute Gasteiger partial charge is 0.389 e. The van der Waals surface area contributed by atoms with E-state index in [9.17, 15) is 0 Å². The maximum absolute atomic E-state index is 5.76. The van der Waals surface area contributed by atoms with Gasteiger partial charge in [-0.15, -0.1) is 5.10 Å². The van der Waals surface area contributed by atoms with E-state index < -0.39 is 0 Å². The number of nitrogens with two attached hydrogens (primary N) is 1. The van der Waals surface area contributed by atoms with Gasteiger partial charge in [-0.2, -0.15) is 16.9 Å². The summed E-state index contributed by atoms with van der Waals surface area (Å²) < 4.78 is 0. The Labute approximate surface area is 118 Å². The first-order valence-electron chi connectivity index (χ1n) is 5.87. The van der Waals surface area contributed by atoms with Crippen LogP contribution in [-0.4, -0.2) is 33.2 Å². The van der Waals surface area contributed by atoms with Gasteiger partial charge in [0.2, 0.25) is 0 Å². The van der Waals surface area contributed by atoms with Gasteiger partial charge >= 0.3 is 0 Å². The molecule has 0 saturated heterocycles. The van der Waals surface area contributed by atoms with Crippen LogP contribution in [0.1, 0.15) is 30.2 Å². The molecule has 1 atom stereocenters. The zero-order valence-electron chi connectivity index (χ0n) is 11.3. The predicted molar refractivity (Wildman–Crippen MR) is 83.5 cm³/mol. The number of nitrogens with zero attached hydrogens (tertiary/aromatic N) is 2. The van der Waals surface area contributed by atoms with Crippen molar-refractivity contribution in [2.75, 3.05) is 18.1 Å². The Balaban J connectivity index is 2.83. The predicted octanol–water partition coefficient (Wildman–Crippen LogP) is 2.28. The Hall–Kier alpha value is -0.880. The minimum Gasteiger partial charge on any atom is -0.389 e. The number of hydrogen-bond acceptors (Lipinski definition) is 5. The molecule has 0 aromatic carbocycles. The van der Waals surface area contributed by atoms with Crippen LogP contribution in [0.5, 0.6) is 0 Å². The highest BCUT2D eigenvalue weighted by atomic mass is 32.2. The van der Waals surface area contributed by atoms with Gasteiger partial charge in [-0.25, -0.2) is 0 Å². The van der Waals surface area contributed by atoms with Crippen LogP contribution in [0.25, 0.3) is 0 Å². The summed E-state index contributed by atoms with van der Waals surface area (Å²) in [6.07, 6.45) is 3.17. The second-order valence-electron chi connectivity index (χ2n) is 4.26.